The van der Waals surface area contributed by atoms with E-state index in [1.165, 1.54) is 0 Å². The lowest BCUT2D eigenvalue weighted by atomic mass is 10.1. The fourth-order valence-electron chi connectivity index (χ4n) is 1.75. The first-order chi connectivity index (χ1) is 8.02. The monoisotopic (exact) mass is 254 g/mol. The molecule has 0 bridgehead atoms. The third kappa shape index (κ3) is 2.91. The van der Waals surface area contributed by atoms with Crippen LogP contribution in [0.3, 0.4) is 0 Å². The first-order valence-corrected chi connectivity index (χ1v) is 6.25. The van der Waals surface area contributed by atoms with Gasteiger partial charge in [0.2, 0.25) is 0 Å². The Morgan fingerprint density at radius 2 is 2.12 bits per heavy atom. The molecular weight excluding hydrogens is 236 g/mol. The van der Waals surface area contributed by atoms with Gasteiger partial charge in [0.05, 0.1) is 16.3 Å². The number of nitrogen functional groups attached to an aromatic ring is 1. The second-order valence-corrected chi connectivity index (χ2v) is 4.46. The second-order valence-electron chi connectivity index (χ2n) is 4.05. The summed E-state index contributed by atoms with van der Waals surface area (Å²) in [5.74, 6) is -0.0538. The molecule has 4 heteroatoms. The predicted octanol–water partition coefficient (Wildman–Crippen LogP) is 3.18. The Hall–Kier alpha value is -1.22. The maximum Gasteiger partial charge on any atom is 0.256 e. The Balaban J connectivity index is 3.06. The number of hydrogen-bond acceptors (Lipinski definition) is 2. The molecule has 0 aliphatic rings. The van der Waals surface area contributed by atoms with Crippen molar-refractivity contribution in [1.29, 1.82) is 0 Å². The number of benzene rings is 1. The number of rotatable bonds is 4. The number of carbonyl (C=O) groups excluding carboxylic acids is 1. The molecule has 1 atom stereocenters. The van der Waals surface area contributed by atoms with E-state index in [9.17, 15) is 4.79 Å². The van der Waals surface area contributed by atoms with Crippen LogP contribution in [0.5, 0.6) is 0 Å². The lowest BCUT2D eigenvalue weighted by Crippen LogP contribution is -2.38. The van der Waals surface area contributed by atoms with Crippen LogP contribution in [0.15, 0.2) is 18.2 Å². The van der Waals surface area contributed by atoms with Crippen molar-refractivity contribution in [1.82, 2.24) is 4.90 Å². The van der Waals surface area contributed by atoms with Crippen LogP contribution in [-0.4, -0.2) is 23.4 Å². The lowest BCUT2D eigenvalue weighted by Gasteiger charge is -2.27. The molecular formula is C13H19ClN2O. The van der Waals surface area contributed by atoms with Gasteiger partial charge in [0.25, 0.3) is 5.91 Å². The number of hydrogen-bond donors (Lipinski definition) is 1. The maximum absolute atomic E-state index is 12.3. The van der Waals surface area contributed by atoms with Gasteiger partial charge >= 0.3 is 0 Å². The van der Waals surface area contributed by atoms with E-state index in [-0.39, 0.29) is 11.9 Å². The maximum atomic E-state index is 12.3. The normalized spacial score (nSPS) is 12.2. The smallest absolute Gasteiger partial charge is 0.256 e. The zero-order chi connectivity index (χ0) is 13.0. The summed E-state index contributed by atoms with van der Waals surface area (Å²) in [5, 5.41) is 0.427. The summed E-state index contributed by atoms with van der Waals surface area (Å²) < 4.78 is 0. The molecule has 0 radical (unpaired) electrons. The van der Waals surface area contributed by atoms with Crippen molar-refractivity contribution in [2.45, 2.75) is 33.2 Å². The summed E-state index contributed by atoms with van der Waals surface area (Å²) in [6.07, 6.45) is 0.917. The van der Waals surface area contributed by atoms with Crippen molar-refractivity contribution in [3.63, 3.8) is 0 Å². The van der Waals surface area contributed by atoms with E-state index in [0.717, 1.165) is 6.42 Å². The van der Waals surface area contributed by atoms with Crippen molar-refractivity contribution in [3.05, 3.63) is 28.8 Å². The van der Waals surface area contributed by atoms with Crippen LogP contribution < -0.4 is 5.73 Å². The highest BCUT2D eigenvalue weighted by atomic mass is 35.5. The number of carbonyl (C=O) groups is 1. The molecule has 17 heavy (non-hydrogen) atoms. The molecule has 0 aliphatic carbocycles. The van der Waals surface area contributed by atoms with Gasteiger partial charge < -0.3 is 10.6 Å². The number of anilines is 1. The van der Waals surface area contributed by atoms with Gasteiger partial charge in [-0.3, -0.25) is 4.79 Å². The molecule has 1 rings (SSSR count). The highest BCUT2D eigenvalue weighted by Crippen LogP contribution is 2.24. The third-order valence-corrected chi connectivity index (χ3v) is 3.34. The largest absolute Gasteiger partial charge is 0.397 e. The predicted molar refractivity (Wildman–Crippen MR) is 72.3 cm³/mol. The first-order valence-electron chi connectivity index (χ1n) is 5.87. The zero-order valence-corrected chi connectivity index (χ0v) is 11.3. The minimum atomic E-state index is -0.0538. The number of amides is 1. The van der Waals surface area contributed by atoms with Crippen molar-refractivity contribution in [2.24, 2.45) is 0 Å². The molecule has 0 fully saturated rings. The van der Waals surface area contributed by atoms with Gasteiger partial charge in [0, 0.05) is 12.6 Å². The molecule has 1 aromatic carbocycles. The van der Waals surface area contributed by atoms with Crippen molar-refractivity contribution >= 4 is 23.2 Å². The van der Waals surface area contributed by atoms with E-state index >= 15 is 0 Å². The summed E-state index contributed by atoms with van der Waals surface area (Å²) in [6.45, 7) is 6.72. The van der Waals surface area contributed by atoms with E-state index in [2.05, 4.69) is 6.92 Å². The Kier molecular flexibility index (Phi) is 4.82. The van der Waals surface area contributed by atoms with E-state index in [0.29, 0.717) is 22.8 Å². The Morgan fingerprint density at radius 3 is 2.65 bits per heavy atom. The van der Waals surface area contributed by atoms with Crippen LogP contribution in [0.4, 0.5) is 5.69 Å². The zero-order valence-electron chi connectivity index (χ0n) is 10.5. The van der Waals surface area contributed by atoms with Crippen LogP contribution in [0, 0.1) is 0 Å². The van der Waals surface area contributed by atoms with Gasteiger partial charge in [0.1, 0.15) is 0 Å². The summed E-state index contributed by atoms with van der Waals surface area (Å²) >= 11 is 5.92. The minimum absolute atomic E-state index is 0.0538. The first kappa shape index (κ1) is 13.8. The fraction of sp³-hybridized carbons (Fsp3) is 0.462. The molecule has 0 saturated carbocycles. The quantitative estimate of drug-likeness (QED) is 0.839. The van der Waals surface area contributed by atoms with Gasteiger partial charge in [-0.15, -0.1) is 0 Å². The van der Waals surface area contributed by atoms with E-state index in [1.807, 2.05) is 18.7 Å². The molecule has 0 aliphatic heterocycles. The average molecular weight is 255 g/mol. The summed E-state index contributed by atoms with van der Waals surface area (Å²) in [5.41, 5.74) is 6.69. The highest BCUT2D eigenvalue weighted by molar-refractivity contribution is 6.33. The lowest BCUT2D eigenvalue weighted by molar-refractivity contribution is 0.0701. The van der Waals surface area contributed by atoms with Gasteiger partial charge in [-0.05, 0) is 32.4 Å². The number of nitrogens with zero attached hydrogens (tertiary/aromatic N) is 1. The second kappa shape index (κ2) is 5.92. The van der Waals surface area contributed by atoms with Crippen LogP contribution in [0.25, 0.3) is 0 Å². The molecule has 1 amide bonds. The van der Waals surface area contributed by atoms with Crippen molar-refractivity contribution < 1.29 is 4.79 Å². The van der Waals surface area contributed by atoms with Crippen LogP contribution in [-0.2, 0) is 0 Å². The fourth-order valence-corrected chi connectivity index (χ4v) is 1.93. The highest BCUT2D eigenvalue weighted by Gasteiger charge is 2.21. The number of halogens is 1. The molecule has 0 aromatic heterocycles. The van der Waals surface area contributed by atoms with Crippen LogP contribution in [0.1, 0.15) is 37.6 Å². The van der Waals surface area contributed by atoms with Crippen LogP contribution in [0.2, 0.25) is 5.02 Å². The van der Waals surface area contributed by atoms with Crippen molar-refractivity contribution in [2.75, 3.05) is 12.3 Å². The van der Waals surface area contributed by atoms with E-state index < -0.39 is 0 Å². The van der Waals surface area contributed by atoms with Gasteiger partial charge in [-0.25, -0.2) is 0 Å². The average Bonchev–Trinajstić information content (AvgIpc) is 2.33. The summed E-state index contributed by atoms with van der Waals surface area (Å²) in [4.78, 5) is 14.1. The Morgan fingerprint density at radius 1 is 1.47 bits per heavy atom. The minimum Gasteiger partial charge on any atom is -0.397 e. The van der Waals surface area contributed by atoms with Gasteiger partial charge in [-0.2, -0.15) is 0 Å². The standard InChI is InChI=1S/C13H19ClN2O/c1-4-9(3)16(5-2)13(17)10-7-6-8-11(14)12(10)15/h6-9H,4-5,15H2,1-3H3. The van der Waals surface area contributed by atoms with Crippen LogP contribution >= 0.6 is 11.6 Å². The molecule has 2 N–H and O–H groups in total. The van der Waals surface area contributed by atoms with E-state index in [1.54, 1.807) is 18.2 Å². The number of para-hydroxylation sites is 1. The molecule has 94 valence electrons. The van der Waals surface area contributed by atoms with Gasteiger partial charge in [0.15, 0.2) is 0 Å². The molecule has 1 aromatic rings. The van der Waals surface area contributed by atoms with Crippen molar-refractivity contribution in [3.8, 4) is 0 Å². The Labute approximate surface area is 108 Å². The molecule has 1 unspecified atom stereocenters. The Bertz CT molecular complexity index is 406. The molecule has 0 saturated heterocycles. The molecule has 0 heterocycles. The third-order valence-electron chi connectivity index (χ3n) is 3.01. The SMILES string of the molecule is CCC(C)N(CC)C(=O)c1cccc(Cl)c1N. The molecule has 0 spiro atoms. The summed E-state index contributed by atoms with van der Waals surface area (Å²) in [6, 6.07) is 5.35. The summed E-state index contributed by atoms with van der Waals surface area (Å²) in [7, 11) is 0. The topological polar surface area (TPSA) is 46.3 Å². The van der Waals surface area contributed by atoms with E-state index in [4.69, 9.17) is 17.3 Å². The number of nitrogens with two attached hydrogens (primary N) is 1. The van der Waals surface area contributed by atoms with Gasteiger partial charge in [-0.1, -0.05) is 24.6 Å². The molecule has 3 nitrogen and oxygen atoms in total.